The number of hydrogen-bond acceptors (Lipinski definition) is 2. The fourth-order valence-electron chi connectivity index (χ4n) is 1.25. The fraction of sp³-hybridized carbons (Fsp3) is 0.400. The largest absolute Gasteiger partial charge is 0.416 e. The molecular formula is C10H11ClF3NO. The summed E-state index contributed by atoms with van der Waals surface area (Å²) in [5.74, 6) is 0. The Kier molecular flexibility index (Phi) is 4.18. The number of rotatable bonds is 3. The molecule has 1 aromatic rings. The van der Waals surface area contributed by atoms with Crippen molar-refractivity contribution in [3.05, 3.63) is 34.3 Å². The third-order valence-electron chi connectivity index (χ3n) is 2.09. The number of alkyl halides is 3. The molecule has 1 atom stereocenters. The Hall–Kier alpha value is -0.780. The van der Waals surface area contributed by atoms with Crippen molar-refractivity contribution in [3.63, 3.8) is 0 Å². The molecule has 2 nitrogen and oxygen atoms in total. The maximum atomic E-state index is 12.4. The van der Waals surface area contributed by atoms with Crippen LogP contribution in [0.3, 0.4) is 0 Å². The molecule has 1 unspecified atom stereocenters. The molecule has 0 fully saturated rings. The highest BCUT2D eigenvalue weighted by Crippen LogP contribution is 2.32. The number of halogens is 4. The summed E-state index contributed by atoms with van der Waals surface area (Å²) in [7, 11) is 0. The molecule has 0 saturated heterocycles. The minimum absolute atomic E-state index is 0.110. The van der Waals surface area contributed by atoms with E-state index in [2.05, 4.69) is 0 Å². The molecule has 0 amide bonds. The van der Waals surface area contributed by atoms with Gasteiger partial charge in [0.1, 0.15) is 0 Å². The van der Waals surface area contributed by atoms with Crippen molar-refractivity contribution >= 4 is 11.6 Å². The molecule has 1 aromatic carbocycles. The fourth-order valence-corrected chi connectivity index (χ4v) is 1.45. The van der Waals surface area contributed by atoms with Crippen LogP contribution >= 0.6 is 11.6 Å². The summed E-state index contributed by atoms with van der Waals surface area (Å²) in [6.07, 6.45) is -4.29. The first-order valence-electron chi connectivity index (χ1n) is 4.56. The highest BCUT2D eigenvalue weighted by Gasteiger charge is 2.30. The number of nitrogens with two attached hydrogens (primary N) is 1. The molecule has 16 heavy (non-hydrogen) atoms. The second-order valence-corrected chi connectivity index (χ2v) is 3.86. The predicted octanol–water partition coefficient (Wildman–Crippen LogP) is 2.22. The molecule has 0 spiro atoms. The Balaban J connectivity index is 3.00. The lowest BCUT2D eigenvalue weighted by Crippen LogP contribution is -2.27. The van der Waals surface area contributed by atoms with E-state index in [1.165, 1.54) is 6.07 Å². The van der Waals surface area contributed by atoms with E-state index in [-0.39, 0.29) is 23.6 Å². The molecule has 0 aromatic heterocycles. The van der Waals surface area contributed by atoms with Gasteiger partial charge in [-0.15, -0.1) is 0 Å². The molecule has 1 rings (SSSR count). The number of aliphatic hydroxyl groups excluding tert-OH is 1. The zero-order valence-electron chi connectivity index (χ0n) is 8.26. The van der Waals surface area contributed by atoms with Gasteiger partial charge < -0.3 is 10.8 Å². The zero-order valence-corrected chi connectivity index (χ0v) is 9.02. The molecule has 0 aliphatic carbocycles. The second-order valence-electron chi connectivity index (χ2n) is 3.45. The van der Waals surface area contributed by atoms with Gasteiger partial charge >= 0.3 is 6.18 Å². The van der Waals surface area contributed by atoms with E-state index in [4.69, 9.17) is 22.4 Å². The monoisotopic (exact) mass is 253 g/mol. The average Bonchev–Trinajstić information content (AvgIpc) is 2.19. The van der Waals surface area contributed by atoms with Gasteiger partial charge in [0, 0.05) is 11.1 Å². The van der Waals surface area contributed by atoms with Crippen LogP contribution in [0.15, 0.2) is 18.2 Å². The van der Waals surface area contributed by atoms with Crippen molar-refractivity contribution in [2.75, 3.05) is 6.61 Å². The van der Waals surface area contributed by atoms with Crippen LogP contribution in [0.4, 0.5) is 13.2 Å². The van der Waals surface area contributed by atoms with E-state index in [0.717, 1.165) is 12.1 Å². The van der Waals surface area contributed by atoms with Crippen LogP contribution in [0, 0.1) is 0 Å². The summed E-state index contributed by atoms with van der Waals surface area (Å²) < 4.78 is 37.2. The standard InChI is InChI=1S/C10H11ClF3NO/c11-9-2-1-7(10(12,13)14)3-6(9)4-8(15)5-16/h1-3,8,16H,4-5,15H2. The van der Waals surface area contributed by atoms with Crippen LogP contribution < -0.4 is 5.73 Å². The molecule has 3 N–H and O–H groups in total. The molecule has 0 heterocycles. The van der Waals surface area contributed by atoms with Gasteiger partial charge in [0.2, 0.25) is 0 Å². The summed E-state index contributed by atoms with van der Waals surface area (Å²) in [5.41, 5.74) is 4.97. The minimum Gasteiger partial charge on any atom is -0.395 e. The van der Waals surface area contributed by atoms with E-state index >= 15 is 0 Å². The molecule has 6 heteroatoms. The topological polar surface area (TPSA) is 46.2 Å². The lowest BCUT2D eigenvalue weighted by atomic mass is 10.0. The van der Waals surface area contributed by atoms with Crippen molar-refractivity contribution in [3.8, 4) is 0 Å². The first-order chi connectivity index (χ1) is 7.34. The third kappa shape index (κ3) is 3.37. The number of aliphatic hydroxyl groups is 1. The van der Waals surface area contributed by atoms with E-state index in [0.29, 0.717) is 0 Å². The van der Waals surface area contributed by atoms with Gasteiger partial charge in [0.05, 0.1) is 12.2 Å². The summed E-state index contributed by atoms with van der Waals surface area (Å²) in [6, 6.07) is 2.44. The molecular weight excluding hydrogens is 243 g/mol. The Morgan fingerprint density at radius 1 is 1.38 bits per heavy atom. The van der Waals surface area contributed by atoms with E-state index in [1.807, 2.05) is 0 Å². The maximum absolute atomic E-state index is 12.4. The van der Waals surface area contributed by atoms with Gasteiger partial charge in [-0.2, -0.15) is 13.2 Å². The molecule has 0 bridgehead atoms. The highest BCUT2D eigenvalue weighted by molar-refractivity contribution is 6.31. The number of benzene rings is 1. The van der Waals surface area contributed by atoms with Crippen molar-refractivity contribution in [1.82, 2.24) is 0 Å². The first-order valence-corrected chi connectivity index (χ1v) is 4.94. The molecule has 0 radical (unpaired) electrons. The molecule has 90 valence electrons. The Morgan fingerprint density at radius 3 is 2.50 bits per heavy atom. The van der Waals surface area contributed by atoms with Crippen molar-refractivity contribution < 1.29 is 18.3 Å². The van der Waals surface area contributed by atoms with Crippen molar-refractivity contribution in [1.29, 1.82) is 0 Å². The lowest BCUT2D eigenvalue weighted by Gasteiger charge is -2.13. The van der Waals surface area contributed by atoms with E-state index in [9.17, 15) is 13.2 Å². The Morgan fingerprint density at radius 2 is 2.00 bits per heavy atom. The summed E-state index contributed by atoms with van der Waals surface area (Å²) in [6.45, 7) is -0.299. The zero-order chi connectivity index (χ0) is 12.3. The van der Waals surface area contributed by atoms with Gasteiger partial charge in [-0.25, -0.2) is 0 Å². The van der Waals surface area contributed by atoms with Gasteiger partial charge in [-0.3, -0.25) is 0 Å². The Bertz CT molecular complexity index is 368. The average molecular weight is 254 g/mol. The van der Waals surface area contributed by atoms with Crippen LogP contribution in [0.5, 0.6) is 0 Å². The smallest absolute Gasteiger partial charge is 0.395 e. The van der Waals surface area contributed by atoms with Crippen molar-refractivity contribution in [2.24, 2.45) is 5.73 Å². The van der Waals surface area contributed by atoms with Crippen LogP contribution in [0.25, 0.3) is 0 Å². The third-order valence-corrected chi connectivity index (χ3v) is 2.46. The highest BCUT2D eigenvalue weighted by atomic mass is 35.5. The van der Waals surface area contributed by atoms with Crippen LogP contribution in [0.1, 0.15) is 11.1 Å². The first kappa shape index (κ1) is 13.3. The van der Waals surface area contributed by atoms with E-state index in [1.54, 1.807) is 0 Å². The Labute approximate surface area is 95.8 Å². The lowest BCUT2D eigenvalue weighted by molar-refractivity contribution is -0.137. The SMILES string of the molecule is NC(CO)Cc1cc(C(F)(F)F)ccc1Cl. The molecule has 0 aliphatic rings. The normalized spacial score (nSPS) is 13.9. The molecule has 0 saturated carbocycles. The summed E-state index contributed by atoms with van der Waals surface area (Å²) >= 11 is 5.74. The van der Waals surface area contributed by atoms with Gasteiger partial charge in [0.25, 0.3) is 0 Å². The van der Waals surface area contributed by atoms with Crippen LogP contribution in [-0.4, -0.2) is 17.8 Å². The van der Waals surface area contributed by atoms with Crippen LogP contribution in [0.2, 0.25) is 5.02 Å². The maximum Gasteiger partial charge on any atom is 0.416 e. The second kappa shape index (κ2) is 5.03. The van der Waals surface area contributed by atoms with Gasteiger partial charge in [-0.1, -0.05) is 11.6 Å². The van der Waals surface area contributed by atoms with Crippen LogP contribution in [-0.2, 0) is 12.6 Å². The number of hydrogen-bond donors (Lipinski definition) is 2. The quantitative estimate of drug-likeness (QED) is 0.868. The summed E-state index contributed by atoms with van der Waals surface area (Å²) in [4.78, 5) is 0. The van der Waals surface area contributed by atoms with E-state index < -0.39 is 17.8 Å². The van der Waals surface area contributed by atoms with Gasteiger partial charge in [-0.05, 0) is 30.2 Å². The molecule has 0 aliphatic heterocycles. The minimum atomic E-state index is -4.40. The van der Waals surface area contributed by atoms with Crippen molar-refractivity contribution in [2.45, 2.75) is 18.6 Å². The van der Waals surface area contributed by atoms with Gasteiger partial charge in [0.15, 0.2) is 0 Å². The summed E-state index contributed by atoms with van der Waals surface area (Å²) in [5, 5.41) is 8.95. The predicted molar refractivity (Wildman–Crippen MR) is 55.2 cm³/mol.